The van der Waals surface area contributed by atoms with E-state index in [0.29, 0.717) is 11.5 Å². The molecule has 0 saturated heterocycles. The number of rotatable bonds is 10. The molecule has 0 aliphatic heterocycles. The van der Waals surface area contributed by atoms with E-state index in [0.717, 1.165) is 11.1 Å². The van der Waals surface area contributed by atoms with E-state index in [9.17, 15) is 14.4 Å². The van der Waals surface area contributed by atoms with Crippen molar-refractivity contribution in [3.8, 4) is 11.5 Å². The van der Waals surface area contributed by atoms with Crippen LogP contribution in [0, 0.1) is 0 Å². The molecule has 2 rings (SSSR count). The summed E-state index contributed by atoms with van der Waals surface area (Å²) in [5.41, 5.74) is 0.841. The minimum atomic E-state index is -0.999. The molecule has 0 aliphatic rings. The molecular formula is C26H34N2O7. The van der Waals surface area contributed by atoms with E-state index in [1.807, 2.05) is 0 Å². The van der Waals surface area contributed by atoms with Crippen molar-refractivity contribution in [2.45, 2.75) is 51.3 Å². The average molecular weight is 487 g/mol. The van der Waals surface area contributed by atoms with E-state index in [4.69, 9.17) is 18.9 Å². The van der Waals surface area contributed by atoms with E-state index in [2.05, 4.69) is 10.6 Å². The van der Waals surface area contributed by atoms with Gasteiger partial charge in [0.25, 0.3) is 0 Å². The number of benzene rings is 2. The molecule has 0 radical (unpaired) electrons. The maximum Gasteiger partial charge on any atom is 0.408 e. The van der Waals surface area contributed by atoms with Crippen molar-refractivity contribution in [2.75, 3.05) is 21.3 Å². The van der Waals surface area contributed by atoms with E-state index in [1.165, 1.54) is 7.11 Å². The van der Waals surface area contributed by atoms with E-state index < -0.39 is 35.7 Å². The van der Waals surface area contributed by atoms with Crippen molar-refractivity contribution < 1.29 is 33.3 Å². The van der Waals surface area contributed by atoms with Crippen molar-refractivity contribution in [1.29, 1.82) is 0 Å². The highest BCUT2D eigenvalue weighted by molar-refractivity contribution is 5.90. The molecule has 9 nitrogen and oxygen atoms in total. The summed E-state index contributed by atoms with van der Waals surface area (Å²) in [5, 5.41) is 5.33. The second kappa shape index (κ2) is 12.6. The zero-order valence-corrected chi connectivity index (χ0v) is 21.0. The van der Waals surface area contributed by atoms with Gasteiger partial charge >= 0.3 is 12.1 Å². The Hall–Kier alpha value is -3.75. The molecule has 0 bridgehead atoms. The van der Waals surface area contributed by atoms with Gasteiger partial charge in [-0.25, -0.2) is 9.59 Å². The number of esters is 1. The van der Waals surface area contributed by atoms with Crippen LogP contribution in [0.5, 0.6) is 11.5 Å². The Morgan fingerprint density at radius 2 is 1.20 bits per heavy atom. The number of amides is 2. The topological polar surface area (TPSA) is 112 Å². The predicted octanol–water partition coefficient (Wildman–Crippen LogP) is 3.04. The third-order valence-electron chi connectivity index (χ3n) is 5.01. The summed E-state index contributed by atoms with van der Waals surface area (Å²) in [5.74, 6) is 0.193. The summed E-state index contributed by atoms with van der Waals surface area (Å²) < 4.78 is 20.6. The Bertz CT molecular complexity index is 982. The van der Waals surface area contributed by atoms with E-state index >= 15 is 0 Å². The molecule has 0 aromatic heterocycles. The largest absolute Gasteiger partial charge is 0.497 e. The monoisotopic (exact) mass is 486 g/mol. The summed E-state index contributed by atoms with van der Waals surface area (Å²) >= 11 is 0. The van der Waals surface area contributed by atoms with Gasteiger partial charge in [0.15, 0.2) is 0 Å². The van der Waals surface area contributed by atoms with Crippen LogP contribution in [0.2, 0.25) is 0 Å². The van der Waals surface area contributed by atoms with Gasteiger partial charge < -0.3 is 29.6 Å². The van der Waals surface area contributed by atoms with Gasteiger partial charge in [0.2, 0.25) is 5.91 Å². The second-order valence-corrected chi connectivity index (χ2v) is 8.89. The smallest absolute Gasteiger partial charge is 0.408 e. The van der Waals surface area contributed by atoms with Crippen LogP contribution in [0.25, 0.3) is 0 Å². The average Bonchev–Trinajstić information content (AvgIpc) is 2.82. The lowest BCUT2D eigenvalue weighted by atomic mass is 10.0. The van der Waals surface area contributed by atoms with Crippen LogP contribution in [0.1, 0.15) is 31.9 Å². The molecule has 2 unspecified atom stereocenters. The maximum atomic E-state index is 13.3. The fourth-order valence-electron chi connectivity index (χ4n) is 3.26. The lowest BCUT2D eigenvalue weighted by Gasteiger charge is -2.25. The Labute approximate surface area is 206 Å². The standard InChI is InChI=1S/C26H34N2O7/c1-26(2,3)35-25(31)28-21(15-17-7-11-19(32-4)12-8-17)23(29)27-22(24(30)34-6)16-18-9-13-20(33-5)14-10-18/h7-14,21-22H,15-16H2,1-6H3,(H,27,29)(H,28,31). The summed E-state index contributed by atoms with van der Waals surface area (Å²) in [6, 6.07) is 12.3. The summed E-state index contributed by atoms with van der Waals surface area (Å²) in [6.45, 7) is 5.19. The molecule has 190 valence electrons. The number of nitrogens with one attached hydrogen (secondary N) is 2. The lowest BCUT2D eigenvalue weighted by molar-refractivity contribution is -0.145. The first-order chi connectivity index (χ1) is 16.5. The molecule has 0 saturated carbocycles. The molecular weight excluding hydrogens is 452 g/mol. The van der Waals surface area contributed by atoms with Crippen molar-refractivity contribution in [3.05, 3.63) is 59.7 Å². The van der Waals surface area contributed by atoms with Gasteiger partial charge in [-0.2, -0.15) is 0 Å². The van der Waals surface area contributed by atoms with Gasteiger partial charge in [0, 0.05) is 12.8 Å². The fraction of sp³-hybridized carbons (Fsp3) is 0.423. The molecule has 0 fully saturated rings. The number of carbonyl (C=O) groups excluding carboxylic acids is 3. The molecule has 2 aromatic carbocycles. The number of hydrogen-bond donors (Lipinski definition) is 2. The second-order valence-electron chi connectivity index (χ2n) is 8.89. The molecule has 9 heteroatoms. The van der Waals surface area contributed by atoms with Crippen molar-refractivity contribution >= 4 is 18.0 Å². The number of carbonyl (C=O) groups is 3. The third kappa shape index (κ3) is 9.19. The number of ether oxygens (including phenoxy) is 4. The highest BCUT2D eigenvalue weighted by atomic mass is 16.6. The first kappa shape index (κ1) is 27.5. The minimum absolute atomic E-state index is 0.172. The number of alkyl carbamates (subject to hydrolysis) is 1. The first-order valence-electron chi connectivity index (χ1n) is 11.2. The van der Waals surface area contributed by atoms with Gasteiger partial charge in [0.05, 0.1) is 21.3 Å². The van der Waals surface area contributed by atoms with Crippen molar-refractivity contribution in [2.24, 2.45) is 0 Å². The summed E-state index contributed by atoms with van der Waals surface area (Å²) in [7, 11) is 4.38. The third-order valence-corrected chi connectivity index (χ3v) is 5.01. The highest BCUT2D eigenvalue weighted by Gasteiger charge is 2.29. The Balaban J connectivity index is 2.22. The van der Waals surface area contributed by atoms with Gasteiger partial charge in [-0.1, -0.05) is 24.3 Å². The van der Waals surface area contributed by atoms with Gasteiger partial charge in [0.1, 0.15) is 29.2 Å². The van der Waals surface area contributed by atoms with Crippen LogP contribution in [0.15, 0.2) is 48.5 Å². The van der Waals surface area contributed by atoms with Crippen molar-refractivity contribution in [1.82, 2.24) is 10.6 Å². The molecule has 35 heavy (non-hydrogen) atoms. The molecule has 2 aromatic rings. The van der Waals surface area contributed by atoms with Crippen LogP contribution in [-0.4, -0.2) is 57.0 Å². The molecule has 0 heterocycles. The fourth-order valence-corrected chi connectivity index (χ4v) is 3.26. The lowest BCUT2D eigenvalue weighted by Crippen LogP contribution is -2.53. The zero-order valence-electron chi connectivity index (χ0n) is 21.0. The quantitative estimate of drug-likeness (QED) is 0.497. The predicted molar refractivity (Wildman–Crippen MR) is 131 cm³/mol. The Kier molecular flexibility index (Phi) is 9.93. The van der Waals surface area contributed by atoms with Crippen LogP contribution in [-0.2, 0) is 31.9 Å². The highest BCUT2D eigenvalue weighted by Crippen LogP contribution is 2.15. The normalized spacial score (nSPS) is 12.6. The van der Waals surface area contributed by atoms with E-state index in [1.54, 1.807) is 83.5 Å². The SMILES string of the molecule is COC(=O)C(Cc1ccc(OC)cc1)NC(=O)C(Cc1ccc(OC)cc1)NC(=O)OC(C)(C)C. The van der Waals surface area contributed by atoms with Gasteiger partial charge in [-0.05, 0) is 56.2 Å². The maximum absolute atomic E-state index is 13.3. The zero-order chi connectivity index (χ0) is 26.0. The van der Waals surface area contributed by atoms with Crippen LogP contribution in [0.4, 0.5) is 4.79 Å². The van der Waals surface area contributed by atoms with Gasteiger partial charge in [-0.15, -0.1) is 0 Å². The van der Waals surface area contributed by atoms with E-state index in [-0.39, 0.29) is 12.8 Å². The number of methoxy groups -OCH3 is 3. The molecule has 0 spiro atoms. The number of hydrogen-bond acceptors (Lipinski definition) is 7. The van der Waals surface area contributed by atoms with Crippen molar-refractivity contribution in [3.63, 3.8) is 0 Å². The molecule has 2 atom stereocenters. The minimum Gasteiger partial charge on any atom is -0.497 e. The van der Waals surface area contributed by atoms with Crippen LogP contribution in [0.3, 0.4) is 0 Å². The van der Waals surface area contributed by atoms with Crippen LogP contribution < -0.4 is 20.1 Å². The van der Waals surface area contributed by atoms with Gasteiger partial charge in [-0.3, -0.25) is 4.79 Å². The summed E-state index contributed by atoms with van der Waals surface area (Å²) in [6.07, 6.45) is -0.369. The van der Waals surface area contributed by atoms with Crippen LogP contribution >= 0.6 is 0 Å². The molecule has 0 aliphatic carbocycles. The summed E-state index contributed by atoms with van der Waals surface area (Å²) in [4.78, 5) is 38.2. The molecule has 2 amide bonds. The first-order valence-corrected chi connectivity index (χ1v) is 11.2. The molecule has 2 N–H and O–H groups in total. The Morgan fingerprint density at radius 1 is 0.743 bits per heavy atom. The Morgan fingerprint density at radius 3 is 1.60 bits per heavy atom.